The topological polar surface area (TPSA) is 78.9 Å². The van der Waals surface area contributed by atoms with Crippen LogP contribution in [0.15, 0.2) is 16.9 Å². The highest BCUT2D eigenvalue weighted by Crippen LogP contribution is 2.36. The maximum absolute atomic E-state index is 11.7. The Bertz CT molecular complexity index is 459. The highest BCUT2D eigenvalue weighted by molar-refractivity contribution is 8.00. The molecule has 84 valence electrons. The SMILES string of the molecule is C=CCNC(=O)c1sc(SC)c(C#N)c1N. The molecule has 0 saturated heterocycles. The average Bonchev–Trinajstić information content (AvgIpc) is 2.62. The minimum absolute atomic E-state index is 0.262. The molecule has 0 radical (unpaired) electrons. The minimum Gasteiger partial charge on any atom is -0.396 e. The molecule has 0 bridgehead atoms. The lowest BCUT2D eigenvalue weighted by atomic mass is 10.2. The van der Waals surface area contributed by atoms with E-state index in [1.54, 1.807) is 6.08 Å². The zero-order valence-electron chi connectivity index (χ0n) is 8.74. The number of carbonyl (C=O) groups is 1. The standard InChI is InChI=1S/C10H11N3OS2/c1-3-4-13-9(14)8-7(12)6(5-11)10(15-2)16-8/h3H,1,4,12H2,2H3,(H,13,14). The summed E-state index contributed by atoms with van der Waals surface area (Å²) in [5.74, 6) is -0.265. The first kappa shape index (κ1) is 12.6. The molecule has 16 heavy (non-hydrogen) atoms. The molecule has 4 nitrogen and oxygen atoms in total. The fourth-order valence-electron chi connectivity index (χ4n) is 1.09. The number of nitrogens with one attached hydrogen (secondary N) is 1. The van der Waals surface area contributed by atoms with Gasteiger partial charge in [-0.05, 0) is 6.26 Å². The largest absolute Gasteiger partial charge is 0.396 e. The van der Waals surface area contributed by atoms with Crippen LogP contribution >= 0.6 is 23.1 Å². The highest BCUT2D eigenvalue weighted by atomic mass is 32.2. The normalized spacial score (nSPS) is 9.50. The van der Waals surface area contributed by atoms with Crippen LogP contribution in [0.1, 0.15) is 15.2 Å². The fourth-order valence-corrected chi connectivity index (χ4v) is 2.85. The summed E-state index contributed by atoms with van der Waals surface area (Å²) in [5.41, 5.74) is 6.40. The van der Waals surface area contributed by atoms with Crippen molar-refractivity contribution >= 4 is 34.7 Å². The number of hydrogen-bond acceptors (Lipinski definition) is 5. The van der Waals surface area contributed by atoms with Crippen molar-refractivity contribution in [2.45, 2.75) is 4.21 Å². The second-order valence-electron chi connectivity index (χ2n) is 2.82. The van der Waals surface area contributed by atoms with Crippen molar-refractivity contribution in [1.29, 1.82) is 5.26 Å². The van der Waals surface area contributed by atoms with Crippen LogP contribution in [0, 0.1) is 11.3 Å². The lowest BCUT2D eigenvalue weighted by molar-refractivity contribution is 0.0963. The molecular formula is C10H11N3OS2. The third-order valence-corrected chi connectivity index (χ3v) is 4.15. The fraction of sp³-hybridized carbons (Fsp3) is 0.200. The first-order chi connectivity index (χ1) is 7.65. The van der Waals surface area contributed by atoms with E-state index in [0.717, 1.165) is 4.21 Å². The third kappa shape index (κ3) is 2.38. The molecule has 0 fully saturated rings. The second-order valence-corrected chi connectivity index (χ2v) is 4.92. The molecule has 1 aromatic heterocycles. The van der Waals surface area contributed by atoms with Crippen LogP contribution in [0.25, 0.3) is 0 Å². The van der Waals surface area contributed by atoms with Crippen LogP contribution < -0.4 is 11.1 Å². The van der Waals surface area contributed by atoms with E-state index in [9.17, 15) is 4.79 Å². The molecule has 0 aliphatic rings. The lowest BCUT2D eigenvalue weighted by Crippen LogP contribution is -2.23. The number of nitrogen functional groups attached to an aromatic ring is 1. The number of thioether (sulfide) groups is 1. The highest BCUT2D eigenvalue weighted by Gasteiger charge is 2.19. The zero-order valence-corrected chi connectivity index (χ0v) is 10.4. The van der Waals surface area contributed by atoms with Crippen LogP contribution in [0.5, 0.6) is 0 Å². The molecule has 0 atom stereocenters. The van der Waals surface area contributed by atoms with Gasteiger partial charge in [-0.1, -0.05) is 6.08 Å². The molecule has 0 aromatic carbocycles. The summed E-state index contributed by atoms with van der Waals surface area (Å²) >= 11 is 2.65. The molecule has 3 N–H and O–H groups in total. The van der Waals surface area contributed by atoms with Crippen molar-refractivity contribution in [2.75, 3.05) is 18.5 Å². The van der Waals surface area contributed by atoms with Gasteiger partial charge in [-0.2, -0.15) is 5.26 Å². The lowest BCUT2D eigenvalue weighted by Gasteiger charge is -1.99. The minimum atomic E-state index is -0.265. The van der Waals surface area contributed by atoms with Gasteiger partial charge in [-0.15, -0.1) is 29.7 Å². The molecule has 0 aliphatic heterocycles. The number of nitrogens with zero attached hydrogens (tertiary/aromatic N) is 1. The van der Waals surface area contributed by atoms with Crippen molar-refractivity contribution in [3.05, 3.63) is 23.1 Å². The van der Waals surface area contributed by atoms with Gasteiger partial charge in [0.1, 0.15) is 16.5 Å². The predicted octanol–water partition coefficient (Wildman–Crippen LogP) is 1.84. The van der Waals surface area contributed by atoms with E-state index in [4.69, 9.17) is 11.0 Å². The van der Waals surface area contributed by atoms with E-state index in [-0.39, 0.29) is 11.6 Å². The number of nitriles is 1. The monoisotopic (exact) mass is 253 g/mol. The van der Waals surface area contributed by atoms with Crippen LogP contribution in [0.4, 0.5) is 5.69 Å². The van der Waals surface area contributed by atoms with E-state index in [2.05, 4.69) is 11.9 Å². The Balaban J connectivity index is 3.06. The van der Waals surface area contributed by atoms with E-state index in [1.807, 2.05) is 12.3 Å². The van der Waals surface area contributed by atoms with E-state index in [0.29, 0.717) is 17.0 Å². The Morgan fingerprint density at radius 3 is 2.94 bits per heavy atom. The zero-order chi connectivity index (χ0) is 12.1. The molecule has 0 unspecified atom stereocenters. The molecule has 1 heterocycles. The van der Waals surface area contributed by atoms with Gasteiger partial charge in [0, 0.05) is 6.54 Å². The Hall–Kier alpha value is -1.45. The molecule has 1 aromatic rings. The van der Waals surface area contributed by atoms with Crippen LogP contribution in [-0.2, 0) is 0 Å². The molecule has 0 spiro atoms. The number of nitrogens with two attached hydrogens (primary N) is 1. The van der Waals surface area contributed by atoms with Crippen molar-refractivity contribution in [2.24, 2.45) is 0 Å². The van der Waals surface area contributed by atoms with Gasteiger partial charge < -0.3 is 11.1 Å². The number of carbonyl (C=O) groups excluding carboxylic acids is 1. The summed E-state index contributed by atoms with van der Waals surface area (Å²) in [7, 11) is 0. The molecule has 0 saturated carbocycles. The van der Waals surface area contributed by atoms with E-state index < -0.39 is 0 Å². The number of anilines is 1. The molecule has 6 heteroatoms. The number of hydrogen-bond donors (Lipinski definition) is 2. The van der Waals surface area contributed by atoms with Crippen molar-refractivity contribution < 1.29 is 4.79 Å². The Labute approximate surface area is 102 Å². The van der Waals surface area contributed by atoms with Gasteiger partial charge in [-0.3, -0.25) is 4.79 Å². The van der Waals surface area contributed by atoms with Gasteiger partial charge in [0.2, 0.25) is 0 Å². The molecular weight excluding hydrogens is 242 g/mol. The summed E-state index contributed by atoms with van der Waals surface area (Å²) in [6.07, 6.45) is 3.43. The molecule has 0 aliphatic carbocycles. The summed E-state index contributed by atoms with van der Waals surface area (Å²) in [6, 6.07) is 2.01. The van der Waals surface area contributed by atoms with Crippen molar-refractivity contribution in [3.63, 3.8) is 0 Å². The average molecular weight is 253 g/mol. The Morgan fingerprint density at radius 1 is 1.81 bits per heavy atom. The number of rotatable bonds is 4. The van der Waals surface area contributed by atoms with Crippen LogP contribution in [-0.4, -0.2) is 18.7 Å². The Kier molecular flexibility index (Phi) is 4.40. The number of amides is 1. The van der Waals surface area contributed by atoms with Crippen LogP contribution in [0.2, 0.25) is 0 Å². The predicted molar refractivity (Wildman–Crippen MR) is 67.8 cm³/mol. The Morgan fingerprint density at radius 2 is 2.50 bits per heavy atom. The third-order valence-electron chi connectivity index (χ3n) is 1.82. The van der Waals surface area contributed by atoms with Gasteiger partial charge in [0.25, 0.3) is 5.91 Å². The molecule has 1 amide bonds. The van der Waals surface area contributed by atoms with Gasteiger partial charge in [0.15, 0.2) is 0 Å². The second kappa shape index (κ2) is 5.58. The quantitative estimate of drug-likeness (QED) is 0.634. The summed E-state index contributed by atoms with van der Waals surface area (Å²) in [5, 5.41) is 11.5. The van der Waals surface area contributed by atoms with E-state index >= 15 is 0 Å². The smallest absolute Gasteiger partial charge is 0.263 e. The van der Waals surface area contributed by atoms with E-state index in [1.165, 1.54) is 23.1 Å². The summed E-state index contributed by atoms with van der Waals surface area (Å²) in [6.45, 7) is 3.89. The van der Waals surface area contributed by atoms with Gasteiger partial charge in [-0.25, -0.2) is 0 Å². The van der Waals surface area contributed by atoms with Crippen molar-refractivity contribution in [3.8, 4) is 6.07 Å². The summed E-state index contributed by atoms with van der Waals surface area (Å²) in [4.78, 5) is 12.1. The maximum Gasteiger partial charge on any atom is 0.263 e. The molecule has 1 rings (SSSR count). The van der Waals surface area contributed by atoms with Crippen LogP contribution in [0.3, 0.4) is 0 Å². The van der Waals surface area contributed by atoms with Crippen molar-refractivity contribution in [1.82, 2.24) is 5.32 Å². The maximum atomic E-state index is 11.7. The first-order valence-electron chi connectivity index (χ1n) is 4.41. The van der Waals surface area contributed by atoms with Gasteiger partial charge >= 0.3 is 0 Å². The number of thiophene rings is 1. The summed E-state index contributed by atoms with van der Waals surface area (Å²) < 4.78 is 0.767. The van der Waals surface area contributed by atoms with Gasteiger partial charge in [0.05, 0.1) is 9.90 Å². The first-order valence-corrected chi connectivity index (χ1v) is 6.45.